The molecule has 2 aromatic heterocycles. The number of hydrogen-bond acceptors (Lipinski definition) is 3. The Balaban J connectivity index is 2.14. The lowest BCUT2D eigenvalue weighted by Gasteiger charge is -1.99. The van der Waals surface area contributed by atoms with Crippen molar-refractivity contribution in [3.63, 3.8) is 0 Å². The van der Waals surface area contributed by atoms with E-state index >= 15 is 0 Å². The third-order valence-electron chi connectivity index (χ3n) is 2.57. The molecule has 2 heterocycles. The molecule has 0 fully saturated rings. The predicted octanol–water partition coefficient (Wildman–Crippen LogP) is 2.18. The fourth-order valence-electron chi connectivity index (χ4n) is 1.66. The van der Waals surface area contributed by atoms with Gasteiger partial charge in [-0.25, -0.2) is 4.57 Å². The zero-order valence-electron chi connectivity index (χ0n) is 8.79. The topological polar surface area (TPSA) is 29.7 Å². The van der Waals surface area contributed by atoms with Crippen molar-refractivity contribution in [1.29, 1.82) is 0 Å². The molecular weight excluding hydrogens is 218 g/mol. The van der Waals surface area contributed by atoms with E-state index in [0.717, 1.165) is 11.0 Å². The van der Waals surface area contributed by atoms with Gasteiger partial charge in [0.2, 0.25) is 0 Å². The second-order valence-electron chi connectivity index (χ2n) is 3.72. The van der Waals surface area contributed by atoms with Crippen molar-refractivity contribution in [1.82, 2.24) is 8.75 Å². The van der Waals surface area contributed by atoms with Crippen LogP contribution in [0.3, 0.4) is 0 Å². The summed E-state index contributed by atoms with van der Waals surface area (Å²) in [5, 5.41) is 0. The van der Waals surface area contributed by atoms with Crippen molar-refractivity contribution < 1.29 is 4.57 Å². The zero-order valence-corrected chi connectivity index (χ0v) is 9.61. The van der Waals surface area contributed by atoms with Crippen LogP contribution >= 0.6 is 11.7 Å². The molecule has 0 radical (unpaired) electrons. The number of benzene rings is 1. The maximum absolute atomic E-state index is 4.25. The van der Waals surface area contributed by atoms with E-state index in [0.29, 0.717) is 0 Å². The zero-order chi connectivity index (χ0) is 11.0. The highest BCUT2D eigenvalue weighted by Crippen LogP contribution is 2.22. The van der Waals surface area contributed by atoms with Gasteiger partial charge in [-0.15, -0.1) is 0 Å². The Morgan fingerprint density at radius 1 is 0.938 bits per heavy atom. The largest absolute Gasteiger partial charge is 0.208 e. The van der Waals surface area contributed by atoms with E-state index < -0.39 is 0 Å². The molecule has 0 spiro atoms. The summed E-state index contributed by atoms with van der Waals surface area (Å²) >= 11 is 1.26. The Morgan fingerprint density at radius 2 is 1.69 bits per heavy atom. The van der Waals surface area contributed by atoms with Gasteiger partial charge in [-0.05, 0) is 23.3 Å². The van der Waals surface area contributed by atoms with E-state index in [9.17, 15) is 0 Å². The molecule has 1 aromatic carbocycles. The molecular formula is C12H10N3S+. The lowest BCUT2D eigenvalue weighted by molar-refractivity contribution is -0.671. The van der Waals surface area contributed by atoms with E-state index in [1.54, 1.807) is 0 Å². The number of pyridine rings is 1. The SMILES string of the molecule is C[n+]1ccc(-c2ccc3nsnc3c2)cc1. The summed E-state index contributed by atoms with van der Waals surface area (Å²) in [6, 6.07) is 10.4. The average Bonchev–Trinajstić information content (AvgIpc) is 2.77. The molecule has 0 unspecified atom stereocenters. The maximum Gasteiger partial charge on any atom is 0.169 e. The second-order valence-corrected chi connectivity index (χ2v) is 4.25. The molecule has 0 aliphatic heterocycles. The molecule has 0 bridgehead atoms. The van der Waals surface area contributed by atoms with Gasteiger partial charge < -0.3 is 0 Å². The summed E-state index contributed by atoms with van der Waals surface area (Å²) in [7, 11) is 2.01. The summed E-state index contributed by atoms with van der Waals surface area (Å²) in [5.74, 6) is 0. The smallest absolute Gasteiger partial charge is 0.169 e. The highest BCUT2D eigenvalue weighted by Gasteiger charge is 2.03. The van der Waals surface area contributed by atoms with Crippen LogP contribution in [0.15, 0.2) is 42.7 Å². The van der Waals surface area contributed by atoms with Crippen molar-refractivity contribution in [3.05, 3.63) is 42.7 Å². The van der Waals surface area contributed by atoms with Gasteiger partial charge in [0.05, 0.1) is 11.7 Å². The molecule has 0 atom stereocenters. The average molecular weight is 228 g/mol. The minimum Gasteiger partial charge on any atom is -0.208 e. The lowest BCUT2D eigenvalue weighted by atomic mass is 10.1. The van der Waals surface area contributed by atoms with Crippen molar-refractivity contribution in [3.8, 4) is 11.1 Å². The summed E-state index contributed by atoms with van der Waals surface area (Å²) in [4.78, 5) is 0. The number of aromatic nitrogens is 3. The summed E-state index contributed by atoms with van der Waals surface area (Å²) in [5.41, 5.74) is 4.32. The standard InChI is InChI=1S/C12H10N3S/c1-15-6-4-9(5-7-15)10-2-3-11-12(8-10)14-16-13-11/h2-8H,1H3/q+1. The van der Waals surface area contributed by atoms with Gasteiger partial charge in [0.25, 0.3) is 0 Å². The first kappa shape index (κ1) is 9.42. The molecule has 3 nitrogen and oxygen atoms in total. The molecule has 4 heteroatoms. The Morgan fingerprint density at radius 3 is 2.50 bits per heavy atom. The molecule has 3 aromatic rings. The number of hydrogen-bond donors (Lipinski definition) is 0. The molecule has 3 rings (SSSR count). The van der Waals surface area contributed by atoms with Gasteiger partial charge >= 0.3 is 0 Å². The lowest BCUT2D eigenvalue weighted by Crippen LogP contribution is -2.25. The number of aryl methyl sites for hydroxylation is 1. The Hall–Kier alpha value is -1.81. The van der Waals surface area contributed by atoms with Crippen molar-refractivity contribution in [2.75, 3.05) is 0 Å². The molecule has 0 aliphatic carbocycles. The Labute approximate surface area is 97.3 Å². The quantitative estimate of drug-likeness (QED) is 0.597. The fraction of sp³-hybridized carbons (Fsp3) is 0.0833. The van der Waals surface area contributed by atoms with Crippen LogP contribution < -0.4 is 4.57 Å². The minimum atomic E-state index is 0.968. The van der Waals surface area contributed by atoms with Crippen molar-refractivity contribution >= 4 is 22.8 Å². The van der Waals surface area contributed by atoms with E-state index in [2.05, 4.69) is 33.0 Å². The molecule has 0 saturated heterocycles. The van der Waals surface area contributed by atoms with E-state index in [4.69, 9.17) is 0 Å². The van der Waals surface area contributed by atoms with Crippen LogP contribution in [0.4, 0.5) is 0 Å². The number of nitrogens with zero attached hydrogens (tertiary/aromatic N) is 3. The maximum atomic E-state index is 4.25. The molecule has 16 heavy (non-hydrogen) atoms. The van der Waals surface area contributed by atoms with Gasteiger partial charge in [-0.3, -0.25) is 0 Å². The van der Waals surface area contributed by atoms with Crippen LogP contribution in [0.25, 0.3) is 22.2 Å². The third-order valence-corrected chi connectivity index (χ3v) is 3.12. The van der Waals surface area contributed by atoms with Crippen LogP contribution in [0, 0.1) is 0 Å². The van der Waals surface area contributed by atoms with Crippen LogP contribution in [-0.4, -0.2) is 8.75 Å². The Bertz CT molecular complexity index is 628. The normalized spacial score (nSPS) is 10.8. The predicted molar refractivity (Wildman–Crippen MR) is 64.0 cm³/mol. The minimum absolute atomic E-state index is 0.968. The molecule has 0 amide bonds. The van der Waals surface area contributed by atoms with Gasteiger partial charge in [0.15, 0.2) is 12.4 Å². The summed E-state index contributed by atoms with van der Waals surface area (Å²) in [6.07, 6.45) is 4.08. The van der Waals surface area contributed by atoms with Crippen molar-refractivity contribution in [2.45, 2.75) is 0 Å². The number of fused-ring (bicyclic) bond motifs is 1. The number of rotatable bonds is 1. The molecule has 0 N–H and O–H groups in total. The highest BCUT2D eigenvalue weighted by atomic mass is 32.1. The van der Waals surface area contributed by atoms with Gasteiger partial charge in [-0.1, -0.05) is 6.07 Å². The van der Waals surface area contributed by atoms with Gasteiger partial charge in [0, 0.05) is 12.1 Å². The fourth-order valence-corrected chi connectivity index (χ4v) is 2.17. The Kier molecular flexibility index (Phi) is 2.15. The van der Waals surface area contributed by atoms with Gasteiger partial charge in [-0.2, -0.15) is 8.75 Å². The molecule has 0 saturated carbocycles. The van der Waals surface area contributed by atoms with Gasteiger partial charge in [0.1, 0.15) is 18.1 Å². The van der Waals surface area contributed by atoms with E-state index in [1.807, 2.05) is 30.1 Å². The van der Waals surface area contributed by atoms with Crippen LogP contribution in [0.1, 0.15) is 0 Å². The van der Waals surface area contributed by atoms with E-state index in [-0.39, 0.29) is 0 Å². The first-order valence-corrected chi connectivity index (χ1v) is 5.74. The first-order valence-electron chi connectivity index (χ1n) is 5.01. The van der Waals surface area contributed by atoms with Crippen LogP contribution in [-0.2, 0) is 7.05 Å². The second kappa shape index (κ2) is 3.64. The molecule has 0 aliphatic rings. The van der Waals surface area contributed by atoms with Crippen LogP contribution in [0.2, 0.25) is 0 Å². The summed E-state index contributed by atoms with van der Waals surface area (Å²) in [6.45, 7) is 0. The monoisotopic (exact) mass is 228 g/mol. The van der Waals surface area contributed by atoms with Crippen LogP contribution in [0.5, 0.6) is 0 Å². The third kappa shape index (κ3) is 1.57. The molecule has 78 valence electrons. The van der Waals surface area contributed by atoms with Crippen molar-refractivity contribution in [2.24, 2.45) is 7.05 Å². The van der Waals surface area contributed by atoms with E-state index in [1.165, 1.54) is 22.9 Å². The first-order chi connectivity index (χ1) is 7.83. The highest BCUT2D eigenvalue weighted by molar-refractivity contribution is 7.00. The summed E-state index contributed by atoms with van der Waals surface area (Å²) < 4.78 is 10.5.